The van der Waals surface area contributed by atoms with E-state index in [1.807, 2.05) is 11.8 Å². The van der Waals surface area contributed by atoms with Gasteiger partial charge >= 0.3 is 0 Å². The number of H-pyrrole nitrogens is 1. The quantitative estimate of drug-likeness (QED) is 0.652. The van der Waals surface area contributed by atoms with Crippen LogP contribution in [0.1, 0.15) is 25.7 Å². The predicted octanol–water partition coefficient (Wildman–Crippen LogP) is 3.56. The molecule has 2 N–H and O–H groups in total. The molecule has 0 amide bonds. The highest BCUT2D eigenvalue weighted by atomic mass is 32.2. The Hall–Kier alpha value is -1.76. The smallest absolute Gasteiger partial charge is 0.271 e. The van der Waals surface area contributed by atoms with Gasteiger partial charge in [0.05, 0.1) is 16.0 Å². The molecule has 0 radical (unpaired) electrons. The van der Waals surface area contributed by atoms with E-state index in [2.05, 4.69) is 21.5 Å². The average molecular weight is 306 g/mol. The van der Waals surface area contributed by atoms with Crippen LogP contribution in [0.25, 0.3) is 11.0 Å². The molecule has 1 aromatic heterocycles. The molecule has 1 aromatic carbocycles. The summed E-state index contributed by atoms with van der Waals surface area (Å²) in [6.45, 7) is 0.871. The largest absolute Gasteiger partial charge is 0.354 e. The van der Waals surface area contributed by atoms with Gasteiger partial charge in [0.15, 0.2) is 0 Å². The molecule has 2 aromatic rings. The molecule has 1 saturated carbocycles. The fraction of sp³-hybridized carbons (Fsp3) is 0.500. The number of rotatable bonds is 5. The van der Waals surface area contributed by atoms with E-state index in [4.69, 9.17) is 0 Å². The summed E-state index contributed by atoms with van der Waals surface area (Å²) in [5, 5.41) is 14.1. The van der Waals surface area contributed by atoms with E-state index < -0.39 is 4.92 Å². The van der Waals surface area contributed by atoms with Gasteiger partial charge in [-0.05, 0) is 25.2 Å². The molecule has 21 heavy (non-hydrogen) atoms. The van der Waals surface area contributed by atoms with Crippen LogP contribution in [0.15, 0.2) is 18.2 Å². The van der Waals surface area contributed by atoms with Crippen LogP contribution in [0.5, 0.6) is 0 Å². The van der Waals surface area contributed by atoms with Crippen LogP contribution in [-0.2, 0) is 0 Å². The molecule has 0 bridgehead atoms. The van der Waals surface area contributed by atoms with Crippen molar-refractivity contribution in [1.29, 1.82) is 0 Å². The van der Waals surface area contributed by atoms with Gasteiger partial charge in [-0.15, -0.1) is 0 Å². The molecule has 112 valence electrons. The third-order valence-electron chi connectivity index (χ3n) is 4.20. The van der Waals surface area contributed by atoms with Crippen LogP contribution in [0.2, 0.25) is 0 Å². The van der Waals surface area contributed by atoms with Crippen molar-refractivity contribution in [2.45, 2.75) is 30.4 Å². The number of hydrogen-bond acceptors (Lipinski definition) is 5. The summed E-state index contributed by atoms with van der Waals surface area (Å²) in [7, 11) is 0. The maximum Gasteiger partial charge on any atom is 0.271 e. The second-order valence-electron chi connectivity index (χ2n) is 5.49. The number of nitrogens with one attached hydrogen (secondary N) is 2. The van der Waals surface area contributed by atoms with Crippen molar-refractivity contribution < 1.29 is 4.92 Å². The van der Waals surface area contributed by atoms with E-state index in [1.54, 1.807) is 6.07 Å². The Labute approximate surface area is 126 Å². The number of nitro benzene ring substituents is 1. The number of fused-ring (bicyclic) bond motifs is 1. The van der Waals surface area contributed by atoms with E-state index >= 15 is 0 Å². The Bertz CT molecular complexity index is 664. The van der Waals surface area contributed by atoms with Crippen LogP contribution in [-0.4, -0.2) is 32.4 Å². The molecule has 1 fully saturated rings. The number of nitrogens with zero attached hydrogens (tertiary/aromatic N) is 2. The molecule has 1 aliphatic carbocycles. The molecule has 0 unspecified atom stereocenters. The minimum absolute atomic E-state index is 0.0778. The first-order valence-electron chi connectivity index (χ1n) is 7.05. The number of benzene rings is 1. The summed E-state index contributed by atoms with van der Waals surface area (Å²) < 4.78 is 0.297. The zero-order valence-corrected chi connectivity index (χ0v) is 12.7. The first-order valence-corrected chi connectivity index (χ1v) is 8.28. The Morgan fingerprint density at radius 1 is 1.48 bits per heavy atom. The van der Waals surface area contributed by atoms with Crippen LogP contribution in [0.3, 0.4) is 0 Å². The number of aromatic amines is 1. The van der Waals surface area contributed by atoms with Gasteiger partial charge in [0.25, 0.3) is 5.69 Å². The van der Waals surface area contributed by atoms with E-state index in [0.717, 1.165) is 12.1 Å². The van der Waals surface area contributed by atoms with Gasteiger partial charge in [0.2, 0.25) is 5.95 Å². The van der Waals surface area contributed by atoms with Crippen LogP contribution in [0, 0.1) is 10.1 Å². The van der Waals surface area contributed by atoms with Gasteiger partial charge in [-0.2, -0.15) is 11.8 Å². The van der Waals surface area contributed by atoms with Crippen molar-refractivity contribution in [3.8, 4) is 0 Å². The fourth-order valence-electron chi connectivity index (χ4n) is 2.91. The van der Waals surface area contributed by atoms with E-state index in [0.29, 0.717) is 16.2 Å². The minimum atomic E-state index is -0.394. The zero-order valence-electron chi connectivity index (χ0n) is 11.9. The number of hydrogen-bond donors (Lipinski definition) is 2. The average Bonchev–Trinajstić information content (AvgIpc) is 3.11. The molecule has 0 aliphatic heterocycles. The summed E-state index contributed by atoms with van der Waals surface area (Å²) >= 11 is 1.92. The third-order valence-corrected chi connectivity index (χ3v) is 5.62. The lowest BCUT2D eigenvalue weighted by atomic mass is 10.1. The molecule has 7 heteroatoms. The predicted molar refractivity (Wildman–Crippen MR) is 86.0 cm³/mol. The van der Waals surface area contributed by atoms with Gasteiger partial charge in [-0.3, -0.25) is 10.1 Å². The number of non-ortho nitro benzene ring substituents is 1. The van der Waals surface area contributed by atoms with Crippen molar-refractivity contribution in [3.63, 3.8) is 0 Å². The molecule has 6 nitrogen and oxygen atoms in total. The maximum absolute atomic E-state index is 10.8. The monoisotopic (exact) mass is 306 g/mol. The van der Waals surface area contributed by atoms with Crippen molar-refractivity contribution >= 4 is 34.4 Å². The van der Waals surface area contributed by atoms with Crippen LogP contribution < -0.4 is 5.32 Å². The molecule has 1 aliphatic rings. The van der Waals surface area contributed by atoms with E-state index in [1.165, 1.54) is 37.8 Å². The van der Waals surface area contributed by atoms with Crippen molar-refractivity contribution in [1.82, 2.24) is 9.97 Å². The number of aromatic nitrogens is 2. The normalized spacial score (nSPS) is 17.2. The van der Waals surface area contributed by atoms with Gasteiger partial charge < -0.3 is 10.3 Å². The standard InChI is InChI=1S/C14H18N4O2S/c1-21-14(6-2-3-7-14)9-15-13-16-11-5-4-10(18(19)20)8-12(11)17-13/h4-5,8H,2-3,6-7,9H2,1H3,(H2,15,16,17). The molecule has 0 saturated heterocycles. The summed E-state index contributed by atoms with van der Waals surface area (Å²) in [6.07, 6.45) is 7.19. The maximum atomic E-state index is 10.8. The Morgan fingerprint density at radius 2 is 2.24 bits per heavy atom. The van der Waals surface area contributed by atoms with Gasteiger partial charge in [0, 0.05) is 23.4 Å². The SMILES string of the molecule is CSC1(CNc2nc3ccc([N+](=O)[O-])cc3[nH]2)CCCC1. The van der Waals surface area contributed by atoms with Gasteiger partial charge in [-0.1, -0.05) is 12.8 Å². The highest BCUT2D eigenvalue weighted by Gasteiger charge is 2.32. The molecular formula is C14H18N4O2S. The van der Waals surface area contributed by atoms with E-state index in [9.17, 15) is 10.1 Å². The molecular weight excluding hydrogens is 288 g/mol. The molecule has 1 heterocycles. The number of anilines is 1. The Kier molecular flexibility index (Phi) is 3.75. The topological polar surface area (TPSA) is 83.8 Å². The fourth-order valence-corrected chi connectivity index (χ4v) is 3.83. The van der Waals surface area contributed by atoms with Crippen LogP contribution >= 0.6 is 11.8 Å². The van der Waals surface area contributed by atoms with Gasteiger partial charge in [0.1, 0.15) is 0 Å². The summed E-state index contributed by atoms with van der Waals surface area (Å²) in [6, 6.07) is 4.68. The van der Waals surface area contributed by atoms with E-state index in [-0.39, 0.29) is 5.69 Å². The van der Waals surface area contributed by atoms with Gasteiger partial charge in [-0.25, -0.2) is 4.98 Å². The van der Waals surface area contributed by atoms with Crippen molar-refractivity contribution in [2.24, 2.45) is 0 Å². The first kappa shape index (κ1) is 14.2. The highest BCUT2D eigenvalue weighted by molar-refractivity contribution is 8.00. The lowest BCUT2D eigenvalue weighted by molar-refractivity contribution is -0.384. The summed E-state index contributed by atoms with van der Waals surface area (Å²) in [5.41, 5.74) is 1.51. The van der Waals surface area contributed by atoms with Crippen molar-refractivity contribution in [3.05, 3.63) is 28.3 Å². The number of imidazole rings is 1. The van der Waals surface area contributed by atoms with Crippen molar-refractivity contribution in [2.75, 3.05) is 18.1 Å². The number of thioether (sulfide) groups is 1. The van der Waals surface area contributed by atoms with Crippen LogP contribution in [0.4, 0.5) is 11.6 Å². The Balaban J connectivity index is 1.77. The first-order chi connectivity index (χ1) is 10.1. The lowest BCUT2D eigenvalue weighted by Crippen LogP contribution is -2.30. The molecule has 0 spiro atoms. The second-order valence-corrected chi connectivity index (χ2v) is 6.77. The summed E-state index contributed by atoms with van der Waals surface area (Å²) in [4.78, 5) is 18.0. The lowest BCUT2D eigenvalue weighted by Gasteiger charge is -2.26. The highest BCUT2D eigenvalue weighted by Crippen LogP contribution is 2.40. The second kappa shape index (κ2) is 5.55. The zero-order chi connectivity index (χ0) is 14.9. The molecule has 3 rings (SSSR count). The number of nitro groups is 1. The third kappa shape index (κ3) is 2.83. The molecule has 0 atom stereocenters. The minimum Gasteiger partial charge on any atom is -0.354 e. The summed E-state index contributed by atoms with van der Waals surface area (Å²) in [5.74, 6) is 0.686. The Morgan fingerprint density at radius 3 is 2.90 bits per heavy atom.